The lowest BCUT2D eigenvalue weighted by Gasteiger charge is -2.06. The van der Waals surface area contributed by atoms with Crippen molar-refractivity contribution in [3.05, 3.63) is 53.6 Å². The summed E-state index contributed by atoms with van der Waals surface area (Å²) in [5.74, 6) is 0.904. The van der Waals surface area contributed by atoms with Gasteiger partial charge in [0.2, 0.25) is 6.79 Å². The van der Waals surface area contributed by atoms with Crippen molar-refractivity contribution in [3.63, 3.8) is 0 Å². The van der Waals surface area contributed by atoms with Gasteiger partial charge >= 0.3 is 12.1 Å². The molecule has 1 heterocycles. The molecule has 3 rings (SSSR count). The van der Waals surface area contributed by atoms with Crippen LogP contribution in [0.1, 0.15) is 15.9 Å². The van der Waals surface area contributed by atoms with Crippen molar-refractivity contribution < 1.29 is 28.5 Å². The van der Waals surface area contributed by atoms with Gasteiger partial charge in [-0.05, 0) is 35.9 Å². The Kier molecular flexibility index (Phi) is 4.79. The van der Waals surface area contributed by atoms with Gasteiger partial charge in [-0.2, -0.15) is 5.10 Å². The molecule has 0 spiro atoms. The molecule has 1 N–H and O–H groups in total. The number of amides is 1. The zero-order valence-electron chi connectivity index (χ0n) is 13.2. The third-order valence-corrected chi connectivity index (χ3v) is 3.23. The number of benzene rings is 2. The molecule has 25 heavy (non-hydrogen) atoms. The lowest BCUT2D eigenvalue weighted by atomic mass is 10.2. The second-order valence-electron chi connectivity index (χ2n) is 4.89. The van der Waals surface area contributed by atoms with Crippen molar-refractivity contribution in [2.75, 3.05) is 13.9 Å². The van der Waals surface area contributed by atoms with E-state index in [9.17, 15) is 9.59 Å². The maximum Gasteiger partial charge on any atom is 0.427 e. The molecule has 0 aromatic heterocycles. The molecule has 0 saturated carbocycles. The average molecular weight is 342 g/mol. The van der Waals surface area contributed by atoms with Crippen molar-refractivity contribution in [2.45, 2.75) is 0 Å². The Bertz CT molecular complexity index is 834. The zero-order valence-corrected chi connectivity index (χ0v) is 13.2. The number of carbonyl (C=O) groups excluding carboxylic acids is 2. The fourth-order valence-corrected chi connectivity index (χ4v) is 2.05. The zero-order chi connectivity index (χ0) is 17.6. The summed E-state index contributed by atoms with van der Waals surface area (Å²) in [4.78, 5) is 23.2. The fourth-order valence-electron chi connectivity index (χ4n) is 2.05. The van der Waals surface area contributed by atoms with Gasteiger partial charge in [-0.25, -0.2) is 15.0 Å². The molecule has 0 saturated heterocycles. The first kappa shape index (κ1) is 16.3. The van der Waals surface area contributed by atoms with Crippen LogP contribution in [0.15, 0.2) is 47.6 Å². The SMILES string of the molecule is COC(=O)N/N=C/c1cccc(OC(=O)c2ccc3c(c2)OCO3)c1. The second kappa shape index (κ2) is 7.35. The smallest absolute Gasteiger partial charge is 0.427 e. The number of hydrogen-bond acceptors (Lipinski definition) is 7. The van der Waals surface area contributed by atoms with Crippen molar-refractivity contribution in [1.82, 2.24) is 5.43 Å². The van der Waals surface area contributed by atoms with Crippen LogP contribution in [0.2, 0.25) is 0 Å². The molecule has 2 aromatic rings. The summed E-state index contributed by atoms with van der Waals surface area (Å²) in [6.07, 6.45) is 0.719. The molecule has 0 bridgehead atoms. The summed E-state index contributed by atoms with van der Waals surface area (Å²) in [5.41, 5.74) is 3.14. The normalized spacial score (nSPS) is 12.0. The molecule has 128 valence electrons. The molecular weight excluding hydrogens is 328 g/mol. The predicted molar refractivity (Wildman–Crippen MR) is 87.1 cm³/mol. The minimum Gasteiger partial charge on any atom is -0.454 e. The first-order chi connectivity index (χ1) is 12.2. The monoisotopic (exact) mass is 342 g/mol. The maximum absolute atomic E-state index is 12.2. The summed E-state index contributed by atoms with van der Waals surface area (Å²) in [5, 5.41) is 3.71. The van der Waals surface area contributed by atoms with Crippen molar-refractivity contribution in [1.29, 1.82) is 0 Å². The molecule has 1 aliphatic rings. The van der Waals surface area contributed by atoms with Crippen LogP contribution in [-0.4, -0.2) is 32.2 Å². The standard InChI is InChI=1S/C17H14N2O6/c1-22-17(21)19-18-9-11-3-2-4-13(7-11)25-16(20)12-5-6-14-15(8-12)24-10-23-14/h2-9H,10H2,1H3,(H,19,21)/b18-9+. The van der Waals surface area contributed by atoms with Crippen LogP contribution < -0.4 is 19.6 Å². The Morgan fingerprint density at radius 2 is 2.00 bits per heavy atom. The maximum atomic E-state index is 12.2. The molecule has 1 aliphatic heterocycles. The van der Waals surface area contributed by atoms with Gasteiger partial charge in [0, 0.05) is 0 Å². The second-order valence-corrected chi connectivity index (χ2v) is 4.89. The molecular formula is C17H14N2O6. The van der Waals surface area contributed by atoms with Crippen molar-refractivity contribution in [3.8, 4) is 17.2 Å². The van der Waals surface area contributed by atoms with E-state index in [1.54, 1.807) is 42.5 Å². The van der Waals surface area contributed by atoms with Crippen LogP contribution in [0, 0.1) is 0 Å². The summed E-state index contributed by atoms with van der Waals surface area (Å²) in [6, 6.07) is 11.5. The average Bonchev–Trinajstić information content (AvgIpc) is 3.09. The molecule has 0 radical (unpaired) electrons. The van der Waals surface area contributed by atoms with Crippen LogP contribution in [-0.2, 0) is 4.74 Å². The van der Waals surface area contributed by atoms with E-state index < -0.39 is 12.1 Å². The van der Waals surface area contributed by atoms with Gasteiger partial charge in [0.25, 0.3) is 0 Å². The number of nitrogens with zero attached hydrogens (tertiary/aromatic N) is 1. The number of ether oxygens (including phenoxy) is 4. The molecule has 1 amide bonds. The number of nitrogens with one attached hydrogen (secondary N) is 1. The van der Waals surface area contributed by atoms with Crippen LogP contribution >= 0.6 is 0 Å². The van der Waals surface area contributed by atoms with Gasteiger partial charge in [-0.3, -0.25) is 0 Å². The van der Waals surface area contributed by atoms with Crippen molar-refractivity contribution >= 4 is 18.3 Å². The predicted octanol–water partition coefficient (Wildman–Crippen LogP) is 2.32. The first-order valence-corrected chi connectivity index (χ1v) is 7.24. The summed E-state index contributed by atoms with van der Waals surface area (Å²) >= 11 is 0. The minimum atomic E-state index is -0.679. The Morgan fingerprint density at radius 3 is 2.84 bits per heavy atom. The van der Waals surface area contributed by atoms with E-state index in [0.29, 0.717) is 28.4 Å². The number of hydrazone groups is 1. The third kappa shape index (κ3) is 4.05. The first-order valence-electron chi connectivity index (χ1n) is 7.24. The van der Waals surface area contributed by atoms with E-state index in [1.807, 2.05) is 0 Å². The largest absolute Gasteiger partial charge is 0.454 e. The number of carbonyl (C=O) groups is 2. The molecule has 0 unspecified atom stereocenters. The molecule has 0 atom stereocenters. The van der Waals surface area contributed by atoms with E-state index in [-0.39, 0.29) is 6.79 Å². The van der Waals surface area contributed by atoms with Crippen molar-refractivity contribution in [2.24, 2.45) is 5.10 Å². The summed E-state index contributed by atoms with van der Waals surface area (Å²) in [6.45, 7) is 0.134. The highest BCUT2D eigenvalue weighted by Gasteiger charge is 2.17. The van der Waals surface area contributed by atoms with E-state index in [4.69, 9.17) is 14.2 Å². The fraction of sp³-hybridized carbons (Fsp3) is 0.118. The number of esters is 1. The Morgan fingerprint density at radius 1 is 1.16 bits per heavy atom. The number of methoxy groups -OCH3 is 1. The Hall–Kier alpha value is -3.55. The summed E-state index contributed by atoms with van der Waals surface area (Å²) < 4.78 is 20.2. The van der Waals surface area contributed by atoms with Crippen LogP contribution in [0.5, 0.6) is 17.2 Å². The minimum absolute atomic E-state index is 0.134. The lowest BCUT2D eigenvalue weighted by molar-refractivity contribution is 0.0734. The molecule has 0 aliphatic carbocycles. The third-order valence-electron chi connectivity index (χ3n) is 3.23. The number of rotatable bonds is 4. The highest BCUT2D eigenvalue weighted by atomic mass is 16.7. The molecule has 8 nitrogen and oxygen atoms in total. The topological polar surface area (TPSA) is 95.5 Å². The van der Waals surface area contributed by atoms with Gasteiger partial charge in [0.1, 0.15) is 5.75 Å². The lowest BCUT2D eigenvalue weighted by Crippen LogP contribution is -2.16. The number of hydrogen-bond donors (Lipinski definition) is 1. The van der Waals surface area contributed by atoms with Gasteiger partial charge in [-0.15, -0.1) is 0 Å². The van der Waals surface area contributed by atoms with Gasteiger partial charge < -0.3 is 18.9 Å². The molecule has 8 heteroatoms. The quantitative estimate of drug-likeness (QED) is 0.396. The van der Waals surface area contributed by atoms with Crippen LogP contribution in [0.3, 0.4) is 0 Å². The highest BCUT2D eigenvalue weighted by Crippen LogP contribution is 2.32. The van der Waals surface area contributed by atoms with Gasteiger partial charge in [0.05, 0.1) is 18.9 Å². The van der Waals surface area contributed by atoms with E-state index in [1.165, 1.54) is 13.3 Å². The Labute approximate surface area is 142 Å². The van der Waals surface area contributed by atoms with E-state index >= 15 is 0 Å². The van der Waals surface area contributed by atoms with Crippen LogP contribution in [0.25, 0.3) is 0 Å². The van der Waals surface area contributed by atoms with Gasteiger partial charge in [0.15, 0.2) is 11.5 Å². The molecule has 2 aromatic carbocycles. The summed E-state index contributed by atoms with van der Waals surface area (Å²) in [7, 11) is 1.24. The molecule has 0 fully saturated rings. The Balaban J connectivity index is 1.67. The van der Waals surface area contributed by atoms with E-state index in [2.05, 4.69) is 15.3 Å². The highest BCUT2D eigenvalue weighted by molar-refractivity contribution is 5.92. The van der Waals surface area contributed by atoms with Crippen LogP contribution in [0.4, 0.5) is 4.79 Å². The van der Waals surface area contributed by atoms with E-state index in [0.717, 1.165) is 0 Å². The number of fused-ring (bicyclic) bond motifs is 1. The van der Waals surface area contributed by atoms with Gasteiger partial charge in [-0.1, -0.05) is 12.1 Å².